The molecule has 1 aromatic heterocycles. The third-order valence-electron chi connectivity index (χ3n) is 4.78. The Kier molecular flexibility index (Phi) is 4.68. The van der Waals surface area contributed by atoms with Crippen LogP contribution in [0.2, 0.25) is 0 Å². The first-order valence-electron chi connectivity index (χ1n) is 8.79. The molecule has 0 spiro atoms. The van der Waals surface area contributed by atoms with E-state index in [9.17, 15) is 4.79 Å². The van der Waals surface area contributed by atoms with E-state index in [0.29, 0.717) is 25.4 Å². The second-order valence-corrected chi connectivity index (χ2v) is 7.35. The predicted octanol–water partition coefficient (Wildman–Crippen LogP) is 4.04. The van der Waals surface area contributed by atoms with Gasteiger partial charge in [0.25, 0.3) is 0 Å². The molecule has 1 saturated heterocycles. The topological polar surface area (TPSA) is 42.7 Å². The summed E-state index contributed by atoms with van der Waals surface area (Å²) in [6, 6.07) is 4.27. The molecular weight excluding hydrogens is 302 g/mol. The van der Waals surface area contributed by atoms with Gasteiger partial charge in [0.2, 0.25) is 5.91 Å². The van der Waals surface area contributed by atoms with Crippen molar-refractivity contribution in [3.8, 4) is 0 Å². The molecule has 24 heavy (non-hydrogen) atoms. The van der Waals surface area contributed by atoms with Gasteiger partial charge in [0.15, 0.2) is 0 Å². The maximum Gasteiger partial charge on any atom is 0.227 e. The van der Waals surface area contributed by atoms with Crippen LogP contribution in [0.4, 0.5) is 0 Å². The first-order chi connectivity index (χ1) is 11.3. The van der Waals surface area contributed by atoms with Crippen LogP contribution in [0.15, 0.2) is 22.8 Å². The van der Waals surface area contributed by atoms with E-state index in [-0.39, 0.29) is 18.1 Å². The van der Waals surface area contributed by atoms with E-state index in [1.165, 1.54) is 11.1 Å². The Bertz CT molecular complexity index is 737. The highest BCUT2D eigenvalue weighted by Gasteiger charge is 2.26. The average Bonchev–Trinajstić information content (AvgIpc) is 2.87. The Hall–Kier alpha value is -1.81. The van der Waals surface area contributed by atoms with Crippen molar-refractivity contribution in [3.05, 3.63) is 35.1 Å². The summed E-state index contributed by atoms with van der Waals surface area (Å²) in [6.45, 7) is 11.8. The molecule has 0 aliphatic carbocycles. The van der Waals surface area contributed by atoms with Crippen LogP contribution in [0.1, 0.15) is 50.3 Å². The number of nitrogens with zero attached hydrogens (tertiary/aromatic N) is 1. The minimum absolute atomic E-state index is 0.0917. The maximum atomic E-state index is 12.7. The fraction of sp³-hybridized carbons (Fsp3) is 0.550. The third-order valence-corrected chi connectivity index (χ3v) is 4.78. The van der Waals surface area contributed by atoms with E-state index in [2.05, 4.69) is 32.9 Å². The van der Waals surface area contributed by atoms with Gasteiger partial charge < -0.3 is 14.1 Å². The zero-order chi connectivity index (χ0) is 17.4. The molecule has 4 nitrogen and oxygen atoms in total. The molecule has 2 aromatic rings. The van der Waals surface area contributed by atoms with Gasteiger partial charge in [-0.25, -0.2) is 0 Å². The highest BCUT2D eigenvalue weighted by Crippen LogP contribution is 2.29. The quantitative estimate of drug-likeness (QED) is 0.853. The van der Waals surface area contributed by atoms with E-state index in [1.54, 1.807) is 6.26 Å². The molecule has 0 N–H and O–H groups in total. The number of hydrogen-bond acceptors (Lipinski definition) is 3. The van der Waals surface area contributed by atoms with Crippen LogP contribution < -0.4 is 0 Å². The summed E-state index contributed by atoms with van der Waals surface area (Å²) >= 11 is 0. The second kappa shape index (κ2) is 6.60. The third kappa shape index (κ3) is 3.34. The van der Waals surface area contributed by atoms with Crippen LogP contribution in [0, 0.1) is 6.92 Å². The standard InChI is InChI=1S/C20H27NO3/c1-12(2)17-8-18-16(11-23-19(18)6-13(17)3)7-20(22)21-9-14(4)24-15(5)10-21/h6,8,11-12,14-15H,7,9-10H2,1-5H3. The SMILES string of the molecule is Cc1cc2occ(CC(=O)N3CC(C)OC(C)C3)c2cc1C(C)C. The molecule has 0 radical (unpaired) electrons. The first kappa shape index (κ1) is 17.0. The van der Waals surface area contributed by atoms with Gasteiger partial charge >= 0.3 is 0 Å². The lowest BCUT2D eigenvalue weighted by molar-refractivity contribution is -0.142. The highest BCUT2D eigenvalue weighted by atomic mass is 16.5. The Labute approximate surface area is 143 Å². The molecule has 1 aliphatic rings. The number of carbonyl (C=O) groups excluding carboxylic acids is 1. The lowest BCUT2D eigenvalue weighted by atomic mass is 9.95. The minimum Gasteiger partial charge on any atom is -0.464 e. The number of benzene rings is 1. The van der Waals surface area contributed by atoms with Crippen LogP contribution in [-0.2, 0) is 16.0 Å². The van der Waals surface area contributed by atoms with Gasteiger partial charge in [0.05, 0.1) is 24.9 Å². The van der Waals surface area contributed by atoms with Gasteiger partial charge in [0, 0.05) is 24.0 Å². The van der Waals surface area contributed by atoms with Gasteiger partial charge in [-0.1, -0.05) is 13.8 Å². The number of hydrogen-bond donors (Lipinski definition) is 0. The lowest BCUT2D eigenvalue weighted by Gasteiger charge is -2.35. The average molecular weight is 329 g/mol. The molecule has 1 amide bonds. The number of fused-ring (bicyclic) bond motifs is 1. The normalized spacial score (nSPS) is 21.7. The maximum absolute atomic E-state index is 12.7. The molecular formula is C20H27NO3. The zero-order valence-corrected chi connectivity index (χ0v) is 15.3. The second-order valence-electron chi connectivity index (χ2n) is 7.35. The van der Waals surface area contributed by atoms with Crippen molar-refractivity contribution in [2.24, 2.45) is 0 Å². The highest BCUT2D eigenvalue weighted by molar-refractivity contribution is 5.88. The molecule has 2 atom stereocenters. The zero-order valence-electron chi connectivity index (χ0n) is 15.3. The fourth-order valence-corrected chi connectivity index (χ4v) is 3.66. The van der Waals surface area contributed by atoms with Crippen LogP contribution in [0.25, 0.3) is 11.0 Å². The Morgan fingerprint density at radius 2 is 1.92 bits per heavy atom. The van der Waals surface area contributed by atoms with Gasteiger partial charge in [-0.2, -0.15) is 0 Å². The molecule has 3 rings (SSSR count). The van der Waals surface area contributed by atoms with Crippen molar-refractivity contribution >= 4 is 16.9 Å². The molecule has 2 heterocycles. The van der Waals surface area contributed by atoms with Crippen molar-refractivity contribution in [3.63, 3.8) is 0 Å². The van der Waals surface area contributed by atoms with Gasteiger partial charge in [-0.15, -0.1) is 0 Å². The number of rotatable bonds is 3. The Morgan fingerprint density at radius 1 is 1.25 bits per heavy atom. The molecule has 0 saturated carbocycles. The van der Waals surface area contributed by atoms with Crippen molar-refractivity contribution in [1.29, 1.82) is 0 Å². The monoisotopic (exact) mass is 329 g/mol. The van der Waals surface area contributed by atoms with E-state index in [0.717, 1.165) is 16.5 Å². The number of ether oxygens (including phenoxy) is 1. The van der Waals surface area contributed by atoms with Crippen molar-refractivity contribution in [2.75, 3.05) is 13.1 Å². The van der Waals surface area contributed by atoms with Crippen molar-refractivity contribution in [2.45, 2.75) is 59.2 Å². The van der Waals surface area contributed by atoms with E-state index in [4.69, 9.17) is 9.15 Å². The van der Waals surface area contributed by atoms with E-state index >= 15 is 0 Å². The molecule has 2 unspecified atom stereocenters. The molecule has 1 fully saturated rings. The van der Waals surface area contributed by atoms with Crippen molar-refractivity contribution < 1.29 is 13.9 Å². The van der Waals surface area contributed by atoms with E-state index < -0.39 is 0 Å². The van der Waals surface area contributed by atoms with Crippen molar-refractivity contribution in [1.82, 2.24) is 4.90 Å². The van der Waals surface area contributed by atoms with Crippen LogP contribution in [-0.4, -0.2) is 36.1 Å². The molecule has 1 aliphatic heterocycles. The van der Waals surface area contributed by atoms with Crippen LogP contribution in [0.3, 0.4) is 0 Å². The Morgan fingerprint density at radius 3 is 2.54 bits per heavy atom. The Balaban J connectivity index is 1.84. The predicted molar refractivity (Wildman–Crippen MR) is 95.3 cm³/mol. The largest absolute Gasteiger partial charge is 0.464 e. The number of amides is 1. The summed E-state index contributed by atoms with van der Waals surface area (Å²) in [5.41, 5.74) is 4.39. The summed E-state index contributed by atoms with van der Waals surface area (Å²) in [4.78, 5) is 14.6. The number of aryl methyl sites for hydroxylation is 1. The lowest BCUT2D eigenvalue weighted by Crippen LogP contribution is -2.48. The summed E-state index contributed by atoms with van der Waals surface area (Å²) in [5.74, 6) is 0.597. The van der Waals surface area contributed by atoms with Gasteiger partial charge in [-0.3, -0.25) is 4.79 Å². The molecule has 0 bridgehead atoms. The minimum atomic E-state index is 0.0917. The number of morpholine rings is 1. The molecule has 1 aromatic carbocycles. The van der Waals surface area contributed by atoms with E-state index in [1.807, 2.05) is 18.7 Å². The van der Waals surface area contributed by atoms with Gasteiger partial charge in [0.1, 0.15) is 5.58 Å². The molecule has 4 heteroatoms. The summed E-state index contributed by atoms with van der Waals surface area (Å²) < 4.78 is 11.4. The fourth-order valence-electron chi connectivity index (χ4n) is 3.66. The smallest absolute Gasteiger partial charge is 0.227 e. The summed E-state index contributed by atoms with van der Waals surface area (Å²) in [7, 11) is 0. The van der Waals surface area contributed by atoms with Gasteiger partial charge in [-0.05, 0) is 49.9 Å². The summed E-state index contributed by atoms with van der Waals surface area (Å²) in [6.07, 6.45) is 2.30. The van der Waals surface area contributed by atoms with Crippen LogP contribution >= 0.6 is 0 Å². The molecule has 130 valence electrons. The number of carbonyl (C=O) groups is 1. The first-order valence-corrected chi connectivity index (χ1v) is 8.79. The number of furan rings is 1. The van der Waals surface area contributed by atoms with Crippen LogP contribution in [0.5, 0.6) is 0 Å². The summed E-state index contributed by atoms with van der Waals surface area (Å²) in [5, 5.41) is 1.06.